The Hall–Kier alpha value is -4.41. The van der Waals surface area contributed by atoms with E-state index in [0.29, 0.717) is 17.1 Å². The second kappa shape index (κ2) is 9.39. The molecule has 0 spiro atoms. The molecule has 0 radical (unpaired) electrons. The van der Waals surface area contributed by atoms with Crippen LogP contribution in [0, 0.1) is 21.4 Å². The van der Waals surface area contributed by atoms with Crippen molar-refractivity contribution < 1.29 is 9.72 Å². The van der Waals surface area contributed by atoms with Crippen LogP contribution in [0.5, 0.6) is 0 Å². The summed E-state index contributed by atoms with van der Waals surface area (Å²) >= 11 is 5.98. The molecule has 4 rings (SSSR count). The molecule has 7 nitrogen and oxygen atoms in total. The number of halogens is 1. The monoisotopic (exact) mass is 456 g/mol. The Morgan fingerprint density at radius 3 is 2.61 bits per heavy atom. The molecule has 3 aromatic carbocycles. The molecule has 1 aromatic heterocycles. The van der Waals surface area contributed by atoms with Gasteiger partial charge in [0.15, 0.2) is 0 Å². The molecule has 1 heterocycles. The summed E-state index contributed by atoms with van der Waals surface area (Å²) in [6.45, 7) is 0.591. The first-order valence-corrected chi connectivity index (χ1v) is 10.3. The summed E-state index contributed by atoms with van der Waals surface area (Å²) in [5.74, 6) is -0.646. The number of fused-ring (bicyclic) bond motifs is 1. The normalized spacial score (nSPS) is 11.2. The van der Waals surface area contributed by atoms with E-state index in [1.807, 2.05) is 65.4 Å². The smallest absolute Gasteiger partial charge is 0.271 e. The Labute approximate surface area is 194 Å². The number of non-ortho nitro benzene ring substituents is 1. The summed E-state index contributed by atoms with van der Waals surface area (Å²) in [6, 6.07) is 22.7. The lowest BCUT2D eigenvalue weighted by molar-refractivity contribution is -0.384. The van der Waals surface area contributed by atoms with Crippen molar-refractivity contribution in [2.75, 3.05) is 5.32 Å². The molecule has 0 aliphatic heterocycles. The summed E-state index contributed by atoms with van der Waals surface area (Å²) in [6.07, 6.45) is 3.41. The van der Waals surface area contributed by atoms with Gasteiger partial charge in [0, 0.05) is 52.1 Å². The highest BCUT2D eigenvalue weighted by molar-refractivity contribution is 6.30. The van der Waals surface area contributed by atoms with E-state index in [9.17, 15) is 20.2 Å². The van der Waals surface area contributed by atoms with Crippen LogP contribution >= 0.6 is 11.6 Å². The average Bonchev–Trinajstić information content (AvgIpc) is 3.16. The zero-order valence-electron chi connectivity index (χ0n) is 17.2. The number of hydrogen-bond acceptors (Lipinski definition) is 4. The highest BCUT2D eigenvalue weighted by atomic mass is 35.5. The number of nitro groups is 1. The fourth-order valence-electron chi connectivity index (χ4n) is 3.51. The average molecular weight is 457 g/mol. The van der Waals surface area contributed by atoms with Crippen molar-refractivity contribution in [1.82, 2.24) is 4.57 Å². The molecule has 1 N–H and O–H groups in total. The fourth-order valence-corrected chi connectivity index (χ4v) is 3.63. The molecule has 8 heteroatoms. The molecule has 4 aromatic rings. The van der Waals surface area contributed by atoms with Crippen LogP contribution in [0.2, 0.25) is 5.02 Å². The van der Waals surface area contributed by atoms with Gasteiger partial charge in [-0.05, 0) is 35.9 Å². The highest BCUT2D eigenvalue weighted by Crippen LogP contribution is 2.25. The first-order valence-electron chi connectivity index (χ1n) is 9.94. The van der Waals surface area contributed by atoms with Gasteiger partial charge in [-0.15, -0.1) is 0 Å². The van der Waals surface area contributed by atoms with Gasteiger partial charge in [0.1, 0.15) is 11.6 Å². The van der Waals surface area contributed by atoms with Crippen molar-refractivity contribution in [2.45, 2.75) is 6.54 Å². The third-order valence-corrected chi connectivity index (χ3v) is 5.32. The minimum atomic E-state index is -0.646. The molecule has 0 aliphatic rings. The highest BCUT2D eigenvalue weighted by Gasteiger charge is 2.14. The predicted molar refractivity (Wildman–Crippen MR) is 128 cm³/mol. The summed E-state index contributed by atoms with van der Waals surface area (Å²) in [7, 11) is 0. The number of benzene rings is 3. The lowest BCUT2D eigenvalue weighted by atomic mass is 10.1. The van der Waals surface area contributed by atoms with Crippen LogP contribution in [0.25, 0.3) is 17.0 Å². The largest absolute Gasteiger partial charge is 0.342 e. The number of nitriles is 1. The van der Waals surface area contributed by atoms with Crippen LogP contribution in [0.4, 0.5) is 11.4 Å². The molecular weight excluding hydrogens is 440 g/mol. The zero-order chi connectivity index (χ0) is 23.4. The number of nitrogens with one attached hydrogen (secondary N) is 1. The van der Waals surface area contributed by atoms with Crippen molar-refractivity contribution in [3.63, 3.8) is 0 Å². The number of anilines is 1. The number of para-hydroxylation sites is 1. The molecule has 0 atom stereocenters. The molecule has 0 fully saturated rings. The summed E-state index contributed by atoms with van der Waals surface area (Å²) in [5, 5.41) is 24.7. The maximum Gasteiger partial charge on any atom is 0.271 e. The maximum atomic E-state index is 12.7. The Morgan fingerprint density at radius 2 is 1.88 bits per heavy atom. The van der Waals surface area contributed by atoms with Crippen molar-refractivity contribution in [3.8, 4) is 6.07 Å². The topological polar surface area (TPSA) is 101 Å². The number of aromatic nitrogens is 1. The van der Waals surface area contributed by atoms with Gasteiger partial charge in [0.2, 0.25) is 0 Å². The number of carbonyl (C=O) groups excluding carboxylic acids is 1. The van der Waals surface area contributed by atoms with Crippen molar-refractivity contribution in [1.29, 1.82) is 5.26 Å². The van der Waals surface area contributed by atoms with E-state index in [2.05, 4.69) is 5.32 Å². The Kier molecular flexibility index (Phi) is 6.20. The molecule has 33 heavy (non-hydrogen) atoms. The minimum Gasteiger partial charge on any atom is -0.342 e. The molecule has 1 amide bonds. The van der Waals surface area contributed by atoms with Gasteiger partial charge >= 0.3 is 0 Å². The van der Waals surface area contributed by atoms with Crippen LogP contribution in [-0.2, 0) is 11.3 Å². The third kappa shape index (κ3) is 4.92. The van der Waals surface area contributed by atoms with E-state index in [-0.39, 0.29) is 16.9 Å². The molecule has 0 bridgehead atoms. The first kappa shape index (κ1) is 21.8. The van der Waals surface area contributed by atoms with Gasteiger partial charge in [0.25, 0.3) is 11.6 Å². The number of nitrogens with zero attached hydrogens (tertiary/aromatic N) is 3. The molecular formula is C25H17ClN4O3. The van der Waals surface area contributed by atoms with E-state index in [1.54, 1.807) is 0 Å². The van der Waals surface area contributed by atoms with Gasteiger partial charge in [-0.3, -0.25) is 14.9 Å². The molecule has 162 valence electrons. The van der Waals surface area contributed by atoms with E-state index in [0.717, 1.165) is 16.5 Å². The number of nitro benzene ring substituents is 1. The van der Waals surface area contributed by atoms with Crippen molar-refractivity contribution in [3.05, 3.63) is 111 Å². The van der Waals surface area contributed by atoms with Gasteiger partial charge in [-0.2, -0.15) is 5.26 Å². The van der Waals surface area contributed by atoms with Crippen LogP contribution in [0.15, 0.2) is 84.6 Å². The standard InChI is InChI=1S/C25H17ClN4O3/c26-20-10-8-17(9-11-20)15-29-16-19(23-6-1-2-7-24(23)29)12-18(14-27)25(31)28-21-4-3-5-22(13-21)30(32)33/h1-13,16H,15H2,(H,28,31)/b18-12+. The first-order chi connectivity index (χ1) is 15.9. The quantitative estimate of drug-likeness (QED) is 0.171. The van der Waals surface area contributed by atoms with Gasteiger partial charge in [0.05, 0.1) is 4.92 Å². The summed E-state index contributed by atoms with van der Waals surface area (Å²) < 4.78 is 2.04. The number of amides is 1. The van der Waals surface area contributed by atoms with Gasteiger partial charge in [-0.1, -0.05) is 48.0 Å². The van der Waals surface area contributed by atoms with Crippen molar-refractivity contribution >= 4 is 45.9 Å². The SMILES string of the molecule is N#C/C(=C\c1cn(Cc2ccc(Cl)cc2)c2ccccc12)C(=O)Nc1cccc([N+](=O)[O-])c1. The molecule has 0 aliphatic carbocycles. The van der Waals surface area contributed by atoms with Crippen molar-refractivity contribution in [2.24, 2.45) is 0 Å². The lowest BCUT2D eigenvalue weighted by Crippen LogP contribution is -2.13. The van der Waals surface area contributed by atoms with E-state index in [4.69, 9.17) is 11.6 Å². The number of rotatable bonds is 6. The van der Waals surface area contributed by atoms with Gasteiger partial charge < -0.3 is 9.88 Å². The van der Waals surface area contributed by atoms with Crippen LogP contribution < -0.4 is 5.32 Å². The maximum absolute atomic E-state index is 12.7. The second-order valence-corrected chi connectivity index (χ2v) is 7.72. The third-order valence-electron chi connectivity index (χ3n) is 5.07. The minimum absolute atomic E-state index is 0.115. The van der Waals surface area contributed by atoms with Crippen LogP contribution in [0.1, 0.15) is 11.1 Å². The number of hydrogen-bond donors (Lipinski definition) is 1. The Morgan fingerprint density at radius 1 is 1.12 bits per heavy atom. The second-order valence-electron chi connectivity index (χ2n) is 7.29. The van der Waals surface area contributed by atoms with Crippen LogP contribution in [-0.4, -0.2) is 15.4 Å². The molecule has 0 unspecified atom stereocenters. The van der Waals surface area contributed by atoms with E-state index >= 15 is 0 Å². The predicted octanol–water partition coefficient (Wildman–Crippen LogP) is 5.80. The molecule has 0 saturated heterocycles. The van der Waals surface area contributed by atoms with E-state index < -0.39 is 10.8 Å². The zero-order valence-corrected chi connectivity index (χ0v) is 18.0. The van der Waals surface area contributed by atoms with Gasteiger partial charge in [-0.25, -0.2) is 0 Å². The Balaban J connectivity index is 1.66. The van der Waals surface area contributed by atoms with Crippen LogP contribution in [0.3, 0.4) is 0 Å². The fraction of sp³-hybridized carbons (Fsp3) is 0.0400. The Bertz CT molecular complexity index is 1430. The lowest BCUT2D eigenvalue weighted by Gasteiger charge is -2.05. The molecule has 0 saturated carbocycles. The van der Waals surface area contributed by atoms with E-state index in [1.165, 1.54) is 30.3 Å². The number of carbonyl (C=O) groups is 1. The summed E-state index contributed by atoms with van der Waals surface area (Å²) in [5.41, 5.74) is 2.69. The summed E-state index contributed by atoms with van der Waals surface area (Å²) in [4.78, 5) is 23.1.